The predicted octanol–water partition coefficient (Wildman–Crippen LogP) is 4.06. The van der Waals surface area contributed by atoms with Crippen molar-refractivity contribution in [2.75, 3.05) is 6.54 Å². The summed E-state index contributed by atoms with van der Waals surface area (Å²) in [4.78, 5) is 38.1. The van der Waals surface area contributed by atoms with E-state index in [0.29, 0.717) is 23.9 Å². The highest BCUT2D eigenvalue weighted by atomic mass is 16.2. The van der Waals surface area contributed by atoms with Gasteiger partial charge < -0.3 is 9.88 Å². The van der Waals surface area contributed by atoms with E-state index in [9.17, 15) is 9.59 Å². The maximum Gasteiger partial charge on any atom is 0.252 e. The van der Waals surface area contributed by atoms with E-state index in [2.05, 4.69) is 29.1 Å². The zero-order valence-corrected chi connectivity index (χ0v) is 19.5. The van der Waals surface area contributed by atoms with Gasteiger partial charge in [0.1, 0.15) is 5.82 Å². The summed E-state index contributed by atoms with van der Waals surface area (Å²) in [5, 5.41) is 3.04. The molecule has 3 heterocycles. The molecule has 0 spiro atoms. The van der Waals surface area contributed by atoms with Crippen molar-refractivity contribution in [2.24, 2.45) is 13.0 Å². The second-order valence-electron chi connectivity index (χ2n) is 9.19. The third kappa shape index (κ3) is 5.35. The quantitative estimate of drug-likeness (QED) is 0.618. The Morgan fingerprint density at radius 1 is 1.12 bits per heavy atom. The number of pyridine rings is 2. The number of hydrogen-bond donors (Lipinski definition) is 1. The van der Waals surface area contributed by atoms with E-state index in [1.807, 2.05) is 24.4 Å². The summed E-state index contributed by atoms with van der Waals surface area (Å²) in [5.41, 5.74) is 3.41. The summed E-state index contributed by atoms with van der Waals surface area (Å²) in [6, 6.07) is 8.92. The van der Waals surface area contributed by atoms with Crippen molar-refractivity contribution in [3.8, 4) is 11.3 Å². The van der Waals surface area contributed by atoms with Gasteiger partial charge in [0.25, 0.3) is 5.91 Å². The van der Waals surface area contributed by atoms with Crippen molar-refractivity contribution in [3.05, 3.63) is 76.4 Å². The number of carbonyl (C=O) groups excluding carboxylic acids is 1. The van der Waals surface area contributed by atoms with Gasteiger partial charge in [0, 0.05) is 55.6 Å². The summed E-state index contributed by atoms with van der Waals surface area (Å²) < 4.78 is 1.42. The highest BCUT2D eigenvalue weighted by Crippen LogP contribution is 2.38. The Hall–Kier alpha value is -3.35. The molecule has 1 aliphatic rings. The molecule has 33 heavy (non-hydrogen) atoms. The Morgan fingerprint density at radius 3 is 2.58 bits per heavy atom. The van der Waals surface area contributed by atoms with Gasteiger partial charge >= 0.3 is 0 Å². The number of nitrogens with one attached hydrogen (secondary N) is 1. The Balaban J connectivity index is 1.42. The Labute approximate surface area is 194 Å². The number of carbonyl (C=O) groups is 1. The maximum absolute atomic E-state index is 12.5. The molecule has 1 saturated carbocycles. The first-order valence-corrected chi connectivity index (χ1v) is 11.7. The first kappa shape index (κ1) is 22.8. The molecule has 3 aromatic rings. The largest absolute Gasteiger partial charge is 0.352 e. The second-order valence-corrected chi connectivity index (χ2v) is 9.19. The maximum atomic E-state index is 12.5. The van der Waals surface area contributed by atoms with Gasteiger partial charge in [0.15, 0.2) is 0 Å². The Bertz CT molecular complexity index is 1160. The number of nitrogens with zero attached hydrogens (tertiary/aromatic N) is 4. The lowest BCUT2D eigenvalue weighted by atomic mass is 9.79. The molecular formula is C26H31N5O2. The molecule has 0 aliphatic heterocycles. The molecule has 4 rings (SSSR count). The van der Waals surface area contributed by atoms with Crippen LogP contribution in [0.1, 0.15) is 73.2 Å². The van der Waals surface area contributed by atoms with Crippen molar-refractivity contribution in [3.63, 3.8) is 0 Å². The van der Waals surface area contributed by atoms with Crippen LogP contribution in [0.2, 0.25) is 0 Å². The fraction of sp³-hybridized carbons (Fsp3) is 0.423. The minimum atomic E-state index is -0.137. The number of amides is 1. The monoisotopic (exact) mass is 445 g/mol. The van der Waals surface area contributed by atoms with Crippen LogP contribution < -0.4 is 10.9 Å². The molecule has 172 valence electrons. The zero-order valence-electron chi connectivity index (χ0n) is 19.5. The van der Waals surface area contributed by atoms with E-state index in [0.717, 1.165) is 48.5 Å². The fourth-order valence-electron chi connectivity index (χ4n) is 4.43. The molecule has 7 heteroatoms. The molecule has 1 amide bonds. The molecule has 1 aliphatic carbocycles. The zero-order chi connectivity index (χ0) is 23.4. The van der Waals surface area contributed by atoms with Gasteiger partial charge in [-0.1, -0.05) is 19.9 Å². The van der Waals surface area contributed by atoms with Crippen LogP contribution in [-0.4, -0.2) is 32.0 Å². The van der Waals surface area contributed by atoms with E-state index in [1.54, 1.807) is 25.5 Å². The lowest BCUT2D eigenvalue weighted by Gasteiger charge is -2.29. The highest BCUT2D eigenvalue weighted by molar-refractivity contribution is 5.93. The number of hydrogen-bond acceptors (Lipinski definition) is 5. The summed E-state index contributed by atoms with van der Waals surface area (Å²) in [7, 11) is 1.65. The fourth-order valence-corrected chi connectivity index (χ4v) is 4.43. The van der Waals surface area contributed by atoms with Crippen LogP contribution in [0, 0.1) is 5.92 Å². The lowest BCUT2D eigenvalue weighted by molar-refractivity contribution is 0.0942. The number of rotatable bonds is 6. The molecule has 7 nitrogen and oxygen atoms in total. The average molecular weight is 446 g/mol. The van der Waals surface area contributed by atoms with E-state index in [4.69, 9.17) is 4.98 Å². The molecule has 1 N–H and O–H groups in total. The van der Waals surface area contributed by atoms with E-state index in [1.165, 1.54) is 10.6 Å². The molecule has 0 bridgehead atoms. The van der Waals surface area contributed by atoms with Crippen LogP contribution in [0.25, 0.3) is 11.3 Å². The molecule has 0 aromatic carbocycles. The van der Waals surface area contributed by atoms with E-state index in [-0.39, 0.29) is 17.4 Å². The van der Waals surface area contributed by atoms with E-state index < -0.39 is 0 Å². The molecule has 1 fully saturated rings. The van der Waals surface area contributed by atoms with Crippen molar-refractivity contribution >= 4 is 5.91 Å². The lowest BCUT2D eigenvalue weighted by Crippen LogP contribution is -2.32. The molecule has 0 atom stereocenters. The van der Waals surface area contributed by atoms with Gasteiger partial charge in [0.2, 0.25) is 5.56 Å². The molecule has 3 aromatic heterocycles. The normalized spacial score (nSPS) is 18.3. The number of aryl methyl sites for hydroxylation is 1. The minimum Gasteiger partial charge on any atom is -0.352 e. The summed E-state index contributed by atoms with van der Waals surface area (Å²) in [5.74, 6) is 1.80. The topological polar surface area (TPSA) is 89.8 Å². The van der Waals surface area contributed by atoms with Gasteiger partial charge in [-0.2, -0.15) is 0 Å². The molecule has 0 unspecified atom stereocenters. The van der Waals surface area contributed by atoms with Crippen molar-refractivity contribution in [1.82, 2.24) is 24.8 Å². The van der Waals surface area contributed by atoms with Crippen molar-refractivity contribution in [1.29, 1.82) is 0 Å². The highest BCUT2D eigenvalue weighted by Gasteiger charge is 2.27. The van der Waals surface area contributed by atoms with Crippen LogP contribution in [0.15, 0.2) is 53.7 Å². The first-order valence-electron chi connectivity index (χ1n) is 11.7. The number of aromatic nitrogens is 4. The van der Waals surface area contributed by atoms with Crippen LogP contribution in [0.5, 0.6) is 0 Å². The third-order valence-electron chi connectivity index (χ3n) is 6.43. The van der Waals surface area contributed by atoms with E-state index >= 15 is 0 Å². The Morgan fingerprint density at radius 2 is 1.91 bits per heavy atom. The second kappa shape index (κ2) is 10.1. The third-order valence-corrected chi connectivity index (χ3v) is 6.43. The average Bonchev–Trinajstić information content (AvgIpc) is 2.84. The van der Waals surface area contributed by atoms with Gasteiger partial charge in [-0.3, -0.25) is 14.6 Å². The van der Waals surface area contributed by atoms with Crippen LogP contribution in [-0.2, 0) is 7.05 Å². The summed E-state index contributed by atoms with van der Waals surface area (Å²) in [6.07, 6.45) is 9.42. The van der Waals surface area contributed by atoms with Gasteiger partial charge in [-0.15, -0.1) is 0 Å². The standard InChI is InChI=1S/C26H31N5O2/c1-17(2)25-28-15-21(22-6-4-5-13-27-22)24(30-25)19-9-7-18(8-10-19)14-29-26(33)20-11-12-23(32)31(3)16-20/h4-6,11-13,15-19H,7-10,14H2,1-3H3,(H,29,33). The van der Waals surface area contributed by atoms with Crippen molar-refractivity contribution < 1.29 is 4.79 Å². The SMILES string of the molecule is CC(C)c1ncc(-c2ccccn2)c(C2CCC(CNC(=O)c3ccc(=O)n(C)c3)CC2)n1. The molecular weight excluding hydrogens is 414 g/mol. The summed E-state index contributed by atoms with van der Waals surface area (Å²) in [6.45, 7) is 4.87. The smallest absolute Gasteiger partial charge is 0.252 e. The van der Waals surface area contributed by atoms with Crippen LogP contribution in [0.3, 0.4) is 0 Å². The first-order chi connectivity index (χ1) is 15.9. The summed E-state index contributed by atoms with van der Waals surface area (Å²) >= 11 is 0. The predicted molar refractivity (Wildman–Crippen MR) is 128 cm³/mol. The van der Waals surface area contributed by atoms with Gasteiger partial charge in [-0.05, 0) is 49.8 Å². The molecule has 0 saturated heterocycles. The van der Waals surface area contributed by atoms with Gasteiger partial charge in [0.05, 0.1) is 17.0 Å². The minimum absolute atomic E-state index is 0.125. The van der Waals surface area contributed by atoms with Crippen molar-refractivity contribution in [2.45, 2.75) is 51.4 Å². The van der Waals surface area contributed by atoms with Gasteiger partial charge in [-0.25, -0.2) is 9.97 Å². The van der Waals surface area contributed by atoms with Crippen LogP contribution >= 0.6 is 0 Å². The molecule has 0 radical (unpaired) electrons. The van der Waals surface area contributed by atoms with Crippen LogP contribution in [0.4, 0.5) is 0 Å². The Kier molecular flexibility index (Phi) is 6.96.